The third-order valence-electron chi connectivity index (χ3n) is 6.52. The number of nitrogens with one attached hydrogen (secondary N) is 2. The van der Waals surface area contributed by atoms with Crippen LogP contribution >= 0.6 is 23.1 Å². The summed E-state index contributed by atoms with van der Waals surface area (Å²) in [6.45, 7) is 0. The average Bonchev–Trinajstić information content (AvgIpc) is 3.52. The molecule has 0 aliphatic heterocycles. The molecular weight excluding hydrogens is 599 g/mol. The lowest BCUT2D eigenvalue weighted by molar-refractivity contribution is -0.115. The van der Waals surface area contributed by atoms with E-state index in [2.05, 4.69) is 15.6 Å². The molecule has 0 aliphatic rings. The van der Waals surface area contributed by atoms with E-state index in [0.29, 0.717) is 28.0 Å². The summed E-state index contributed by atoms with van der Waals surface area (Å²) in [7, 11) is 3.15. The van der Waals surface area contributed by atoms with Crippen molar-refractivity contribution < 1.29 is 29.0 Å². The normalized spacial score (nSPS) is 11.3. The number of amides is 2. The van der Waals surface area contributed by atoms with Crippen LogP contribution < -0.4 is 20.1 Å². The van der Waals surface area contributed by atoms with Crippen molar-refractivity contribution in [3.63, 3.8) is 0 Å². The van der Waals surface area contributed by atoms with E-state index in [1.807, 2.05) is 47.8 Å². The maximum atomic E-state index is 13.6. The Morgan fingerprint density at radius 1 is 0.818 bits per heavy atom. The highest BCUT2D eigenvalue weighted by molar-refractivity contribution is 8.00. The maximum absolute atomic E-state index is 13.6. The monoisotopic (exact) mass is 625 g/mol. The summed E-state index contributed by atoms with van der Waals surface area (Å²) in [6.07, 6.45) is 0. The Bertz CT molecular complexity index is 1790. The van der Waals surface area contributed by atoms with E-state index >= 15 is 0 Å². The molecule has 2 amide bonds. The van der Waals surface area contributed by atoms with Gasteiger partial charge in [0.05, 0.1) is 31.0 Å². The molecule has 0 radical (unpaired) electrons. The zero-order valence-electron chi connectivity index (χ0n) is 23.6. The van der Waals surface area contributed by atoms with Crippen LogP contribution in [-0.4, -0.2) is 42.1 Å². The molecule has 3 N–H and O–H groups in total. The van der Waals surface area contributed by atoms with Gasteiger partial charge in [0.15, 0.2) is 16.6 Å². The number of methoxy groups -OCH3 is 2. The van der Waals surface area contributed by atoms with E-state index in [9.17, 15) is 19.5 Å². The molecular formula is C33H27N3O6S2. The Morgan fingerprint density at radius 2 is 1.50 bits per heavy atom. The molecule has 0 bridgehead atoms. The zero-order valence-corrected chi connectivity index (χ0v) is 25.3. The van der Waals surface area contributed by atoms with Gasteiger partial charge in [-0.05, 0) is 60.2 Å². The number of benzene rings is 4. The highest BCUT2D eigenvalue weighted by atomic mass is 32.2. The molecule has 4 aromatic carbocycles. The van der Waals surface area contributed by atoms with Crippen molar-refractivity contribution in [2.24, 2.45) is 0 Å². The van der Waals surface area contributed by atoms with Crippen LogP contribution in [-0.2, 0) is 4.79 Å². The van der Waals surface area contributed by atoms with Crippen LogP contribution in [0.1, 0.15) is 31.5 Å². The molecule has 9 nitrogen and oxygen atoms in total. The lowest BCUT2D eigenvalue weighted by atomic mass is 10.1. The van der Waals surface area contributed by atoms with Gasteiger partial charge in [0.1, 0.15) is 5.25 Å². The van der Waals surface area contributed by atoms with Gasteiger partial charge in [0.2, 0.25) is 5.91 Å². The SMILES string of the molecule is COc1ccc(-c2csc(NC(=O)C(Sc3ccc(NC(=O)c4ccccc4C(=O)O)cc3)c3ccccc3)n2)cc1OC. The summed E-state index contributed by atoms with van der Waals surface area (Å²) in [4.78, 5) is 43.3. The number of carbonyl (C=O) groups excluding carboxylic acids is 2. The van der Waals surface area contributed by atoms with E-state index in [4.69, 9.17) is 9.47 Å². The molecule has 0 spiro atoms. The predicted octanol–water partition coefficient (Wildman–Crippen LogP) is 7.25. The molecule has 5 aromatic rings. The van der Waals surface area contributed by atoms with E-state index in [-0.39, 0.29) is 17.0 Å². The second kappa shape index (κ2) is 13.9. The van der Waals surface area contributed by atoms with Crippen LogP contribution in [0.25, 0.3) is 11.3 Å². The van der Waals surface area contributed by atoms with Gasteiger partial charge in [-0.1, -0.05) is 42.5 Å². The third-order valence-corrected chi connectivity index (χ3v) is 8.55. The van der Waals surface area contributed by atoms with Crippen molar-refractivity contribution in [2.45, 2.75) is 10.1 Å². The van der Waals surface area contributed by atoms with Gasteiger partial charge >= 0.3 is 5.97 Å². The Kier molecular flexibility index (Phi) is 9.58. The van der Waals surface area contributed by atoms with Crippen LogP contribution in [0.5, 0.6) is 11.5 Å². The predicted molar refractivity (Wildman–Crippen MR) is 172 cm³/mol. The number of nitrogens with zero attached hydrogens (tertiary/aromatic N) is 1. The molecule has 1 atom stereocenters. The Labute approximate surface area is 261 Å². The molecule has 0 saturated heterocycles. The zero-order chi connectivity index (χ0) is 31.1. The molecule has 0 saturated carbocycles. The Hall–Kier alpha value is -5.13. The molecule has 0 fully saturated rings. The fraction of sp³-hybridized carbons (Fsp3) is 0.0909. The van der Waals surface area contributed by atoms with Gasteiger partial charge in [-0.25, -0.2) is 9.78 Å². The number of thiazole rings is 1. The first-order chi connectivity index (χ1) is 21.4. The summed E-state index contributed by atoms with van der Waals surface area (Å²) >= 11 is 2.68. The minimum atomic E-state index is -1.18. The lowest BCUT2D eigenvalue weighted by Crippen LogP contribution is -2.19. The van der Waals surface area contributed by atoms with Crippen molar-refractivity contribution >= 4 is 51.7 Å². The number of carbonyl (C=O) groups is 3. The van der Waals surface area contributed by atoms with Gasteiger partial charge in [-0.15, -0.1) is 23.1 Å². The van der Waals surface area contributed by atoms with Crippen LogP contribution in [0.4, 0.5) is 10.8 Å². The second-order valence-corrected chi connectivity index (χ2v) is 11.4. The van der Waals surface area contributed by atoms with Crippen molar-refractivity contribution in [1.29, 1.82) is 0 Å². The van der Waals surface area contributed by atoms with Crippen LogP contribution in [0.15, 0.2) is 107 Å². The number of rotatable bonds is 11. The number of aromatic carboxylic acids is 1. The molecule has 1 aromatic heterocycles. The van der Waals surface area contributed by atoms with E-state index in [1.165, 1.54) is 35.2 Å². The van der Waals surface area contributed by atoms with Gasteiger partial charge < -0.3 is 25.2 Å². The number of anilines is 2. The number of thioether (sulfide) groups is 1. The first kappa shape index (κ1) is 30.3. The second-order valence-electron chi connectivity index (χ2n) is 9.33. The van der Waals surface area contributed by atoms with Crippen molar-refractivity contribution in [1.82, 2.24) is 4.98 Å². The Balaban J connectivity index is 1.30. The summed E-state index contributed by atoms with van der Waals surface area (Å²) < 4.78 is 10.7. The first-order valence-corrected chi connectivity index (χ1v) is 15.1. The summed E-state index contributed by atoms with van der Waals surface area (Å²) in [5.41, 5.74) is 2.81. The van der Waals surface area contributed by atoms with Crippen molar-refractivity contribution in [2.75, 3.05) is 24.9 Å². The lowest BCUT2D eigenvalue weighted by Gasteiger charge is -2.16. The number of aromatic nitrogens is 1. The summed E-state index contributed by atoms with van der Waals surface area (Å²) in [5.74, 6) is -0.748. The topological polar surface area (TPSA) is 127 Å². The standard InChI is InChI=1S/C33H27N3O6S2/c1-41-27-17-12-21(18-28(27)42-2)26-19-43-33(35-26)36-31(38)29(20-8-4-3-5-9-20)44-23-15-13-22(14-16-23)34-30(37)24-10-6-7-11-25(24)32(39)40/h3-19,29H,1-2H3,(H,34,37)(H,39,40)(H,35,36,38). The largest absolute Gasteiger partial charge is 0.493 e. The Morgan fingerprint density at radius 3 is 2.18 bits per heavy atom. The van der Waals surface area contributed by atoms with Crippen molar-refractivity contribution in [3.05, 3.63) is 119 Å². The molecule has 44 heavy (non-hydrogen) atoms. The molecule has 1 heterocycles. The molecule has 11 heteroatoms. The van der Waals surface area contributed by atoms with Crippen LogP contribution in [0.3, 0.4) is 0 Å². The van der Waals surface area contributed by atoms with E-state index in [1.54, 1.807) is 56.7 Å². The van der Waals surface area contributed by atoms with Gasteiger partial charge in [-0.3, -0.25) is 9.59 Å². The highest BCUT2D eigenvalue weighted by Gasteiger charge is 2.24. The van der Waals surface area contributed by atoms with Gasteiger partial charge in [-0.2, -0.15) is 0 Å². The minimum absolute atomic E-state index is 0.0655. The molecule has 222 valence electrons. The minimum Gasteiger partial charge on any atom is -0.493 e. The number of carboxylic acid groups (broad SMARTS) is 1. The average molecular weight is 626 g/mol. The quantitative estimate of drug-likeness (QED) is 0.131. The number of ether oxygens (including phenoxy) is 2. The van der Waals surface area contributed by atoms with Crippen molar-refractivity contribution in [3.8, 4) is 22.8 Å². The van der Waals surface area contributed by atoms with Crippen LogP contribution in [0.2, 0.25) is 0 Å². The number of carboxylic acids is 1. The van der Waals surface area contributed by atoms with Gasteiger partial charge in [0, 0.05) is 21.5 Å². The van der Waals surface area contributed by atoms with Crippen LogP contribution in [0, 0.1) is 0 Å². The molecule has 1 unspecified atom stereocenters. The fourth-order valence-electron chi connectivity index (χ4n) is 4.35. The number of hydrogen-bond acceptors (Lipinski definition) is 8. The smallest absolute Gasteiger partial charge is 0.336 e. The van der Waals surface area contributed by atoms with Gasteiger partial charge in [0.25, 0.3) is 5.91 Å². The molecule has 5 rings (SSSR count). The fourth-order valence-corrected chi connectivity index (χ4v) is 6.10. The highest BCUT2D eigenvalue weighted by Crippen LogP contribution is 2.38. The molecule has 0 aliphatic carbocycles. The third kappa shape index (κ3) is 7.08. The number of hydrogen-bond donors (Lipinski definition) is 3. The summed E-state index contributed by atoms with van der Waals surface area (Å²) in [6, 6.07) is 28.0. The maximum Gasteiger partial charge on any atom is 0.336 e. The van der Waals surface area contributed by atoms with E-state index in [0.717, 1.165) is 16.0 Å². The first-order valence-electron chi connectivity index (χ1n) is 13.3. The summed E-state index contributed by atoms with van der Waals surface area (Å²) in [5, 5.41) is 16.8. The van der Waals surface area contributed by atoms with E-state index < -0.39 is 17.1 Å².